The Bertz CT molecular complexity index is 984. The topological polar surface area (TPSA) is 120 Å². The number of hydrogen-bond donors (Lipinski definition) is 1. The monoisotopic (exact) mass is 402 g/mol. The van der Waals surface area contributed by atoms with Crippen LogP contribution in [0.5, 0.6) is 0 Å². The molecule has 0 saturated carbocycles. The third kappa shape index (κ3) is 4.97. The Balaban J connectivity index is 1.62. The van der Waals surface area contributed by atoms with E-state index in [9.17, 15) is 9.59 Å². The highest BCUT2D eigenvalue weighted by atomic mass is 32.2. The number of pyridine rings is 1. The molecule has 1 atom stereocenters. The van der Waals surface area contributed by atoms with Crippen LogP contribution in [0.4, 0.5) is 5.82 Å². The van der Waals surface area contributed by atoms with Gasteiger partial charge in [-0.1, -0.05) is 22.1 Å². The Morgan fingerprint density at radius 1 is 1.21 bits per heavy atom. The van der Waals surface area contributed by atoms with Gasteiger partial charge in [0, 0.05) is 24.1 Å². The van der Waals surface area contributed by atoms with Crippen molar-refractivity contribution in [2.24, 2.45) is 0 Å². The molecule has 0 fully saturated rings. The van der Waals surface area contributed by atoms with Crippen LogP contribution in [0, 0.1) is 13.8 Å². The van der Waals surface area contributed by atoms with Gasteiger partial charge in [0.2, 0.25) is 0 Å². The maximum Gasteiger partial charge on any atom is 0.341 e. The molecule has 9 nitrogen and oxygen atoms in total. The molecule has 0 spiro atoms. The molecular weight excluding hydrogens is 384 g/mol. The van der Waals surface area contributed by atoms with E-state index < -0.39 is 18.0 Å². The van der Waals surface area contributed by atoms with Gasteiger partial charge in [0.1, 0.15) is 16.5 Å². The number of carbonyl (C=O) groups is 2. The van der Waals surface area contributed by atoms with E-state index in [0.717, 1.165) is 5.69 Å². The SMILES string of the molecule is Cc1cc(CSc2ncccc2C(=O)O[C@H](C)C(=O)Nc2cc(C)on2)no1. The van der Waals surface area contributed by atoms with Crippen LogP contribution in [0.15, 0.2) is 44.5 Å². The van der Waals surface area contributed by atoms with Crippen LogP contribution in [0.25, 0.3) is 0 Å². The van der Waals surface area contributed by atoms with Crippen molar-refractivity contribution in [3.8, 4) is 0 Å². The summed E-state index contributed by atoms with van der Waals surface area (Å²) in [6, 6.07) is 6.60. The number of rotatable bonds is 7. The lowest BCUT2D eigenvalue weighted by Gasteiger charge is -2.13. The lowest BCUT2D eigenvalue weighted by Crippen LogP contribution is -2.30. The molecule has 10 heteroatoms. The first-order valence-electron chi connectivity index (χ1n) is 8.37. The van der Waals surface area contributed by atoms with Gasteiger partial charge < -0.3 is 19.1 Å². The molecular formula is C18H18N4O5S. The first-order chi connectivity index (χ1) is 13.4. The van der Waals surface area contributed by atoms with Crippen LogP contribution >= 0.6 is 11.8 Å². The quantitative estimate of drug-likeness (QED) is 0.469. The van der Waals surface area contributed by atoms with Crippen molar-refractivity contribution >= 4 is 29.5 Å². The first kappa shape index (κ1) is 19.6. The van der Waals surface area contributed by atoms with E-state index >= 15 is 0 Å². The molecule has 0 aromatic carbocycles. The van der Waals surface area contributed by atoms with Gasteiger partial charge in [0.25, 0.3) is 5.91 Å². The number of ether oxygens (including phenoxy) is 1. The highest BCUT2D eigenvalue weighted by Crippen LogP contribution is 2.25. The van der Waals surface area contributed by atoms with Crippen LogP contribution in [0.1, 0.15) is 34.5 Å². The minimum absolute atomic E-state index is 0.255. The van der Waals surface area contributed by atoms with Crippen LogP contribution < -0.4 is 5.32 Å². The Kier molecular flexibility index (Phi) is 6.09. The molecule has 0 aliphatic carbocycles. The first-order valence-corrected chi connectivity index (χ1v) is 9.36. The summed E-state index contributed by atoms with van der Waals surface area (Å²) in [6.07, 6.45) is 0.552. The molecule has 146 valence electrons. The van der Waals surface area contributed by atoms with Gasteiger partial charge in [0.05, 0.1) is 11.3 Å². The van der Waals surface area contributed by atoms with E-state index in [0.29, 0.717) is 22.3 Å². The molecule has 0 saturated heterocycles. The highest BCUT2D eigenvalue weighted by molar-refractivity contribution is 7.98. The minimum Gasteiger partial charge on any atom is -0.449 e. The summed E-state index contributed by atoms with van der Waals surface area (Å²) in [5.41, 5.74) is 1.01. The van der Waals surface area contributed by atoms with Gasteiger partial charge in [0.15, 0.2) is 11.9 Å². The standard InChI is InChI=1S/C18H18N4O5S/c1-10-7-13(21-26-10)9-28-17-14(5-4-6-19-17)18(24)25-12(3)16(23)20-15-8-11(2)27-22-15/h4-8,12H,9H2,1-3H3,(H,20,22,23)/t12-/m1/s1. The number of aryl methyl sites for hydroxylation is 2. The summed E-state index contributed by atoms with van der Waals surface area (Å²) in [5.74, 6) is 0.836. The minimum atomic E-state index is -1.03. The van der Waals surface area contributed by atoms with Crippen LogP contribution in [0.3, 0.4) is 0 Å². The normalized spacial score (nSPS) is 11.8. The maximum absolute atomic E-state index is 12.5. The molecule has 3 rings (SSSR count). The fourth-order valence-electron chi connectivity index (χ4n) is 2.22. The number of hydrogen-bond acceptors (Lipinski definition) is 9. The lowest BCUT2D eigenvalue weighted by atomic mass is 10.3. The zero-order chi connectivity index (χ0) is 20.1. The molecule has 1 amide bonds. The second-order valence-electron chi connectivity index (χ2n) is 5.93. The van der Waals surface area contributed by atoms with Gasteiger partial charge >= 0.3 is 5.97 Å². The summed E-state index contributed by atoms with van der Waals surface area (Å²) >= 11 is 1.33. The second-order valence-corrected chi connectivity index (χ2v) is 6.90. The van der Waals surface area contributed by atoms with Crippen molar-refractivity contribution in [1.82, 2.24) is 15.3 Å². The molecule has 0 aliphatic heterocycles. The van der Waals surface area contributed by atoms with Crippen molar-refractivity contribution in [1.29, 1.82) is 0 Å². The number of aromatic nitrogens is 3. The zero-order valence-corrected chi connectivity index (χ0v) is 16.3. The predicted molar refractivity (Wildman–Crippen MR) is 99.8 cm³/mol. The number of carbonyl (C=O) groups excluding carboxylic acids is 2. The van der Waals surface area contributed by atoms with E-state index in [1.807, 2.05) is 6.07 Å². The molecule has 3 heterocycles. The summed E-state index contributed by atoms with van der Waals surface area (Å²) in [7, 11) is 0. The van der Waals surface area contributed by atoms with Gasteiger partial charge in [-0.05, 0) is 32.9 Å². The van der Waals surface area contributed by atoms with E-state index in [1.165, 1.54) is 18.7 Å². The van der Waals surface area contributed by atoms with Crippen molar-refractivity contribution in [3.05, 3.63) is 53.2 Å². The molecule has 0 bridgehead atoms. The molecule has 3 aromatic rings. The van der Waals surface area contributed by atoms with Crippen molar-refractivity contribution in [3.63, 3.8) is 0 Å². The van der Waals surface area contributed by atoms with Crippen LogP contribution in [-0.2, 0) is 15.3 Å². The van der Waals surface area contributed by atoms with E-state index in [1.54, 1.807) is 38.2 Å². The summed E-state index contributed by atoms with van der Waals surface area (Å²) in [6.45, 7) is 4.98. The lowest BCUT2D eigenvalue weighted by molar-refractivity contribution is -0.123. The number of nitrogens with one attached hydrogen (secondary N) is 1. The van der Waals surface area contributed by atoms with Gasteiger partial charge in [-0.15, -0.1) is 0 Å². The number of nitrogens with zero attached hydrogens (tertiary/aromatic N) is 3. The van der Waals surface area contributed by atoms with Crippen molar-refractivity contribution < 1.29 is 23.4 Å². The second kappa shape index (κ2) is 8.70. The average molecular weight is 402 g/mol. The summed E-state index contributed by atoms with van der Waals surface area (Å²) in [5, 5.41) is 10.6. The Morgan fingerprint density at radius 3 is 2.64 bits per heavy atom. The fourth-order valence-corrected chi connectivity index (χ4v) is 3.08. The molecule has 0 unspecified atom stereocenters. The predicted octanol–water partition coefficient (Wildman–Crippen LogP) is 3.15. The molecule has 0 aliphatic rings. The zero-order valence-electron chi connectivity index (χ0n) is 15.5. The van der Waals surface area contributed by atoms with Gasteiger partial charge in [-0.2, -0.15) is 0 Å². The Hall–Kier alpha value is -3.14. The number of amides is 1. The summed E-state index contributed by atoms with van der Waals surface area (Å²) in [4.78, 5) is 28.9. The van der Waals surface area contributed by atoms with E-state index in [4.69, 9.17) is 13.8 Å². The van der Waals surface area contributed by atoms with E-state index in [-0.39, 0.29) is 11.4 Å². The van der Waals surface area contributed by atoms with Gasteiger partial charge in [-0.3, -0.25) is 4.79 Å². The molecule has 1 N–H and O–H groups in total. The number of thioether (sulfide) groups is 1. The third-order valence-electron chi connectivity index (χ3n) is 3.56. The smallest absolute Gasteiger partial charge is 0.341 e. The van der Waals surface area contributed by atoms with E-state index in [2.05, 4.69) is 20.6 Å². The highest BCUT2D eigenvalue weighted by Gasteiger charge is 2.22. The summed E-state index contributed by atoms with van der Waals surface area (Å²) < 4.78 is 15.2. The third-order valence-corrected chi connectivity index (χ3v) is 4.60. The molecule has 28 heavy (non-hydrogen) atoms. The van der Waals surface area contributed by atoms with Crippen LogP contribution in [0.2, 0.25) is 0 Å². The van der Waals surface area contributed by atoms with Gasteiger partial charge in [-0.25, -0.2) is 9.78 Å². The van der Waals surface area contributed by atoms with Crippen molar-refractivity contribution in [2.75, 3.05) is 5.32 Å². The maximum atomic E-state index is 12.5. The molecule has 3 aromatic heterocycles. The Labute approximate surface area is 164 Å². The van der Waals surface area contributed by atoms with Crippen molar-refractivity contribution in [2.45, 2.75) is 37.7 Å². The molecule has 0 radical (unpaired) electrons. The number of esters is 1. The fraction of sp³-hybridized carbons (Fsp3) is 0.278. The Morgan fingerprint density at radius 2 is 1.96 bits per heavy atom. The average Bonchev–Trinajstić information content (AvgIpc) is 3.27. The largest absolute Gasteiger partial charge is 0.449 e. The van der Waals surface area contributed by atoms with Crippen LogP contribution in [-0.4, -0.2) is 33.3 Å². The number of anilines is 1.